The van der Waals surface area contributed by atoms with Crippen LogP contribution in [0.2, 0.25) is 0 Å². The van der Waals surface area contributed by atoms with Crippen molar-refractivity contribution in [3.63, 3.8) is 0 Å². The van der Waals surface area contributed by atoms with Crippen LogP contribution in [-0.2, 0) is 9.59 Å². The fraction of sp³-hybridized carbons (Fsp3) is 0.867. The molecule has 0 spiro atoms. The predicted octanol–water partition coefficient (Wildman–Crippen LogP) is 0.879. The fourth-order valence-electron chi connectivity index (χ4n) is 3.64. The molecule has 0 aromatic rings. The number of carbonyl (C=O) groups excluding carboxylic acids is 2. The van der Waals surface area contributed by atoms with Crippen LogP contribution in [0.4, 0.5) is 0 Å². The molecule has 20 heavy (non-hydrogen) atoms. The number of nitrogens with one attached hydrogen (secondary N) is 1. The van der Waals surface area contributed by atoms with E-state index in [0.29, 0.717) is 0 Å². The van der Waals surface area contributed by atoms with E-state index >= 15 is 0 Å². The van der Waals surface area contributed by atoms with Crippen molar-refractivity contribution in [2.24, 2.45) is 17.1 Å². The van der Waals surface area contributed by atoms with Crippen LogP contribution in [0.5, 0.6) is 0 Å². The minimum atomic E-state index is -0.417. The average Bonchev–Trinajstić information content (AvgIpc) is 2.75. The van der Waals surface area contributed by atoms with Crippen molar-refractivity contribution in [1.29, 1.82) is 0 Å². The normalized spacial score (nSPS) is 29.1. The van der Waals surface area contributed by atoms with Crippen molar-refractivity contribution in [2.45, 2.75) is 52.0 Å². The molecule has 1 heterocycles. The molecule has 1 saturated heterocycles. The van der Waals surface area contributed by atoms with Crippen LogP contribution in [0.15, 0.2) is 0 Å². The Morgan fingerprint density at radius 1 is 1.30 bits per heavy atom. The van der Waals surface area contributed by atoms with Crippen LogP contribution in [0.1, 0.15) is 46.0 Å². The van der Waals surface area contributed by atoms with Gasteiger partial charge in [-0.3, -0.25) is 9.59 Å². The molecule has 0 aromatic heterocycles. The molecular formula is C15H27N3O2. The maximum absolute atomic E-state index is 12.9. The molecule has 3 N–H and O–H groups in total. The standard InChI is InChI=1S/C15H27N3O2/c1-15(2)7-3-6-12(15)14(20)18(10-13(16)19)11-5-4-8-17-9-11/h11-12,17H,3-10H2,1-2H3,(H2,16,19). The monoisotopic (exact) mass is 281 g/mol. The highest BCUT2D eigenvalue weighted by Crippen LogP contribution is 2.43. The first-order chi connectivity index (χ1) is 9.42. The van der Waals surface area contributed by atoms with Crippen LogP contribution < -0.4 is 11.1 Å². The first-order valence-corrected chi connectivity index (χ1v) is 7.71. The molecule has 1 saturated carbocycles. The molecular weight excluding hydrogens is 254 g/mol. The number of piperidine rings is 1. The number of hydrogen-bond acceptors (Lipinski definition) is 3. The molecule has 2 unspecified atom stereocenters. The lowest BCUT2D eigenvalue weighted by Crippen LogP contribution is -2.54. The Morgan fingerprint density at radius 2 is 2.05 bits per heavy atom. The SMILES string of the molecule is CC1(C)CCCC1C(=O)N(CC(N)=O)C1CCCNC1. The van der Waals surface area contributed by atoms with E-state index < -0.39 is 5.91 Å². The highest BCUT2D eigenvalue weighted by atomic mass is 16.2. The van der Waals surface area contributed by atoms with Crippen molar-refractivity contribution in [3.8, 4) is 0 Å². The Morgan fingerprint density at radius 3 is 2.55 bits per heavy atom. The van der Waals surface area contributed by atoms with Gasteiger partial charge in [-0.25, -0.2) is 0 Å². The van der Waals surface area contributed by atoms with Gasteiger partial charge in [-0.1, -0.05) is 20.3 Å². The third kappa shape index (κ3) is 3.32. The van der Waals surface area contributed by atoms with E-state index in [2.05, 4.69) is 19.2 Å². The second kappa shape index (κ2) is 6.12. The van der Waals surface area contributed by atoms with Gasteiger partial charge in [0.25, 0.3) is 0 Å². The van der Waals surface area contributed by atoms with Gasteiger partial charge in [0.2, 0.25) is 11.8 Å². The zero-order chi connectivity index (χ0) is 14.8. The molecule has 1 aliphatic carbocycles. The van der Waals surface area contributed by atoms with E-state index in [1.807, 2.05) is 0 Å². The van der Waals surface area contributed by atoms with Gasteiger partial charge in [0.15, 0.2) is 0 Å². The molecule has 5 nitrogen and oxygen atoms in total. The van der Waals surface area contributed by atoms with Gasteiger partial charge in [-0.2, -0.15) is 0 Å². The van der Waals surface area contributed by atoms with Crippen LogP contribution in [0.3, 0.4) is 0 Å². The number of rotatable bonds is 4. The number of amides is 2. The number of primary amides is 1. The lowest BCUT2D eigenvalue weighted by molar-refractivity contribution is -0.144. The molecule has 2 atom stereocenters. The second-order valence-corrected chi connectivity index (χ2v) is 6.87. The zero-order valence-corrected chi connectivity index (χ0v) is 12.7. The summed E-state index contributed by atoms with van der Waals surface area (Å²) in [5.41, 5.74) is 5.39. The van der Waals surface area contributed by atoms with Gasteiger partial charge in [-0.05, 0) is 37.6 Å². The Balaban J connectivity index is 2.12. The van der Waals surface area contributed by atoms with E-state index in [0.717, 1.165) is 45.2 Å². The van der Waals surface area contributed by atoms with Crippen molar-refractivity contribution in [2.75, 3.05) is 19.6 Å². The minimum Gasteiger partial charge on any atom is -0.368 e. The summed E-state index contributed by atoms with van der Waals surface area (Å²) in [5, 5.41) is 3.31. The maximum atomic E-state index is 12.9. The summed E-state index contributed by atoms with van der Waals surface area (Å²) >= 11 is 0. The van der Waals surface area contributed by atoms with Crippen molar-refractivity contribution in [1.82, 2.24) is 10.2 Å². The van der Waals surface area contributed by atoms with E-state index in [1.54, 1.807) is 4.90 Å². The van der Waals surface area contributed by atoms with Gasteiger partial charge in [0, 0.05) is 18.5 Å². The Hall–Kier alpha value is -1.10. The summed E-state index contributed by atoms with van der Waals surface area (Å²) in [5.74, 6) is -0.261. The molecule has 2 rings (SSSR count). The van der Waals surface area contributed by atoms with Gasteiger partial charge >= 0.3 is 0 Å². The van der Waals surface area contributed by atoms with Gasteiger partial charge in [0.05, 0.1) is 6.54 Å². The van der Waals surface area contributed by atoms with E-state index in [-0.39, 0.29) is 29.8 Å². The van der Waals surface area contributed by atoms with Gasteiger partial charge in [-0.15, -0.1) is 0 Å². The summed E-state index contributed by atoms with van der Waals surface area (Å²) in [6.07, 6.45) is 5.11. The molecule has 0 radical (unpaired) electrons. The van der Waals surface area contributed by atoms with E-state index in [1.165, 1.54) is 0 Å². The van der Waals surface area contributed by atoms with Crippen LogP contribution in [0.25, 0.3) is 0 Å². The fourth-order valence-corrected chi connectivity index (χ4v) is 3.64. The summed E-state index contributed by atoms with van der Waals surface area (Å²) in [7, 11) is 0. The Kier molecular flexibility index (Phi) is 4.68. The minimum absolute atomic E-state index is 0.0313. The average molecular weight is 281 g/mol. The molecule has 2 fully saturated rings. The van der Waals surface area contributed by atoms with E-state index in [9.17, 15) is 9.59 Å². The van der Waals surface area contributed by atoms with Crippen LogP contribution >= 0.6 is 0 Å². The highest BCUT2D eigenvalue weighted by Gasteiger charge is 2.42. The second-order valence-electron chi connectivity index (χ2n) is 6.87. The number of nitrogens with zero attached hydrogens (tertiary/aromatic N) is 1. The smallest absolute Gasteiger partial charge is 0.237 e. The molecule has 0 bridgehead atoms. The lowest BCUT2D eigenvalue weighted by Gasteiger charge is -2.38. The van der Waals surface area contributed by atoms with E-state index in [4.69, 9.17) is 5.73 Å². The van der Waals surface area contributed by atoms with Crippen LogP contribution in [-0.4, -0.2) is 42.4 Å². The largest absolute Gasteiger partial charge is 0.368 e. The molecule has 2 aliphatic rings. The lowest BCUT2D eigenvalue weighted by atomic mass is 9.80. The number of carbonyl (C=O) groups is 2. The quantitative estimate of drug-likeness (QED) is 0.803. The molecule has 0 aromatic carbocycles. The first-order valence-electron chi connectivity index (χ1n) is 7.71. The third-order valence-corrected chi connectivity index (χ3v) is 4.88. The number of hydrogen-bond donors (Lipinski definition) is 2. The zero-order valence-electron chi connectivity index (χ0n) is 12.7. The van der Waals surface area contributed by atoms with Crippen molar-refractivity contribution < 1.29 is 9.59 Å². The summed E-state index contributed by atoms with van der Waals surface area (Å²) in [6.45, 7) is 6.13. The van der Waals surface area contributed by atoms with Crippen LogP contribution in [0, 0.1) is 11.3 Å². The number of nitrogens with two attached hydrogens (primary N) is 1. The molecule has 5 heteroatoms. The summed E-state index contributed by atoms with van der Waals surface area (Å²) in [6, 6.07) is 0.111. The third-order valence-electron chi connectivity index (χ3n) is 4.88. The van der Waals surface area contributed by atoms with Gasteiger partial charge < -0.3 is 16.0 Å². The predicted molar refractivity (Wildman–Crippen MR) is 77.9 cm³/mol. The molecule has 1 aliphatic heterocycles. The van der Waals surface area contributed by atoms with Crippen molar-refractivity contribution in [3.05, 3.63) is 0 Å². The molecule has 2 amide bonds. The Labute approximate surface area is 121 Å². The van der Waals surface area contributed by atoms with Gasteiger partial charge in [0.1, 0.15) is 0 Å². The maximum Gasteiger partial charge on any atom is 0.237 e. The Bertz CT molecular complexity index is 375. The summed E-state index contributed by atoms with van der Waals surface area (Å²) < 4.78 is 0. The summed E-state index contributed by atoms with van der Waals surface area (Å²) in [4.78, 5) is 26.0. The van der Waals surface area contributed by atoms with Crippen molar-refractivity contribution >= 4 is 11.8 Å². The first kappa shape index (κ1) is 15.3. The topological polar surface area (TPSA) is 75.4 Å². The highest BCUT2D eigenvalue weighted by molar-refractivity contribution is 5.86. The molecule has 114 valence electrons.